The van der Waals surface area contributed by atoms with Crippen LogP contribution in [0.1, 0.15) is 37.1 Å². The van der Waals surface area contributed by atoms with Crippen molar-refractivity contribution in [1.82, 2.24) is 0 Å². The first kappa shape index (κ1) is 25.5. The summed E-state index contributed by atoms with van der Waals surface area (Å²) in [6, 6.07) is 9.46. The van der Waals surface area contributed by atoms with Crippen LogP contribution in [0.5, 0.6) is 11.5 Å². The molecule has 0 amide bonds. The van der Waals surface area contributed by atoms with Crippen LogP contribution in [-0.4, -0.2) is 19.4 Å². The van der Waals surface area contributed by atoms with Gasteiger partial charge in [0.1, 0.15) is 18.2 Å². The summed E-state index contributed by atoms with van der Waals surface area (Å²) in [7, 11) is 0. The van der Waals surface area contributed by atoms with Gasteiger partial charge >= 0.3 is 0 Å². The van der Waals surface area contributed by atoms with Crippen LogP contribution in [0.2, 0.25) is 0 Å². The third-order valence-electron chi connectivity index (χ3n) is 5.28. The minimum Gasteiger partial charge on any atom is -0.493 e. The molecule has 0 aliphatic heterocycles. The van der Waals surface area contributed by atoms with Crippen LogP contribution in [0.25, 0.3) is 11.1 Å². The average Bonchev–Trinajstić information content (AvgIpc) is 2.81. The summed E-state index contributed by atoms with van der Waals surface area (Å²) >= 11 is 0. The second-order valence-electron chi connectivity index (χ2n) is 7.82. The fourth-order valence-electron chi connectivity index (χ4n) is 3.23. The third-order valence-corrected chi connectivity index (χ3v) is 5.28. The SMILES string of the molecule is CCCCOc1ccc(OCC(F)C(F)c2ccc(-c3ccc(C)c(F)c3)c(F)c2F)c(F)c1. The van der Waals surface area contributed by atoms with Gasteiger partial charge in [-0.1, -0.05) is 37.6 Å². The van der Waals surface area contributed by atoms with E-state index in [1.54, 1.807) is 0 Å². The Morgan fingerprint density at radius 2 is 1.59 bits per heavy atom. The van der Waals surface area contributed by atoms with Crippen LogP contribution in [0.4, 0.5) is 26.3 Å². The first-order valence-electron chi connectivity index (χ1n) is 10.8. The van der Waals surface area contributed by atoms with Gasteiger partial charge in [-0.3, -0.25) is 0 Å². The largest absolute Gasteiger partial charge is 0.493 e. The number of halogens is 6. The molecule has 182 valence electrons. The van der Waals surface area contributed by atoms with Crippen LogP contribution in [0.3, 0.4) is 0 Å². The monoisotopic (exact) mass is 482 g/mol. The highest BCUT2D eigenvalue weighted by atomic mass is 19.2. The molecule has 2 nitrogen and oxygen atoms in total. The number of benzene rings is 3. The summed E-state index contributed by atoms with van der Waals surface area (Å²) in [6.07, 6.45) is -3.28. The maximum absolute atomic E-state index is 14.6. The molecule has 0 radical (unpaired) electrons. The van der Waals surface area contributed by atoms with Gasteiger partial charge in [-0.05, 0) is 42.7 Å². The van der Waals surface area contributed by atoms with Crippen molar-refractivity contribution < 1.29 is 35.8 Å². The van der Waals surface area contributed by atoms with Gasteiger partial charge in [-0.15, -0.1) is 0 Å². The molecule has 0 N–H and O–H groups in total. The molecule has 2 atom stereocenters. The number of alkyl halides is 2. The normalized spacial score (nSPS) is 12.9. The van der Waals surface area contributed by atoms with Crippen molar-refractivity contribution in [2.24, 2.45) is 0 Å². The third kappa shape index (κ3) is 5.85. The highest BCUT2D eigenvalue weighted by Gasteiger charge is 2.29. The second-order valence-corrected chi connectivity index (χ2v) is 7.82. The molecule has 3 aromatic rings. The number of rotatable bonds is 10. The van der Waals surface area contributed by atoms with Crippen molar-refractivity contribution >= 4 is 0 Å². The number of aryl methyl sites for hydroxylation is 1. The summed E-state index contributed by atoms with van der Waals surface area (Å²) in [6.45, 7) is 2.97. The zero-order chi connectivity index (χ0) is 24.8. The number of ether oxygens (including phenoxy) is 2. The van der Waals surface area contributed by atoms with E-state index in [0.717, 1.165) is 37.1 Å². The Kier molecular flexibility index (Phi) is 8.47. The van der Waals surface area contributed by atoms with Crippen molar-refractivity contribution in [3.63, 3.8) is 0 Å². The summed E-state index contributed by atoms with van der Waals surface area (Å²) in [5.41, 5.74) is -0.771. The molecule has 34 heavy (non-hydrogen) atoms. The van der Waals surface area contributed by atoms with Gasteiger partial charge < -0.3 is 9.47 Å². The topological polar surface area (TPSA) is 18.5 Å². The van der Waals surface area contributed by atoms with E-state index in [0.29, 0.717) is 12.2 Å². The predicted octanol–water partition coefficient (Wildman–Crippen LogP) is 7.83. The van der Waals surface area contributed by atoms with Crippen molar-refractivity contribution in [3.05, 3.63) is 82.9 Å². The molecule has 0 aliphatic rings. The lowest BCUT2D eigenvalue weighted by atomic mass is 9.98. The van der Waals surface area contributed by atoms with Crippen molar-refractivity contribution in [2.45, 2.75) is 39.0 Å². The van der Waals surface area contributed by atoms with Gasteiger partial charge in [0.15, 0.2) is 35.5 Å². The molecule has 8 heteroatoms. The van der Waals surface area contributed by atoms with E-state index in [1.807, 2.05) is 6.92 Å². The highest BCUT2D eigenvalue weighted by molar-refractivity contribution is 5.65. The molecule has 3 rings (SSSR count). The predicted molar refractivity (Wildman–Crippen MR) is 118 cm³/mol. The fraction of sp³-hybridized carbons (Fsp3) is 0.308. The van der Waals surface area contributed by atoms with E-state index in [9.17, 15) is 26.3 Å². The molecule has 2 unspecified atom stereocenters. The molecule has 0 spiro atoms. The zero-order valence-corrected chi connectivity index (χ0v) is 18.7. The van der Waals surface area contributed by atoms with E-state index >= 15 is 0 Å². The lowest BCUT2D eigenvalue weighted by Gasteiger charge is -2.17. The van der Waals surface area contributed by atoms with E-state index in [-0.39, 0.29) is 22.6 Å². The molecule has 0 bridgehead atoms. The standard InChI is InChI=1S/C26H24F6O2/c1-3-4-11-33-17-7-10-23(21(28)13-17)34-14-22(29)24(30)19-9-8-18(25(31)26(19)32)16-6-5-15(2)20(27)12-16/h5-10,12-13,22,24H,3-4,11,14H2,1-2H3. The van der Waals surface area contributed by atoms with Crippen LogP contribution < -0.4 is 9.47 Å². The van der Waals surface area contributed by atoms with E-state index < -0.39 is 47.8 Å². The quantitative estimate of drug-likeness (QED) is 0.217. The summed E-state index contributed by atoms with van der Waals surface area (Å²) in [4.78, 5) is 0. The smallest absolute Gasteiger partial charge is 0.169 e. The van der Waals surface area contributed by atoms with E-state index in [2.05, 4.69) is 0 Å². The van der Waals surface area contributed by atoms with Crippen LogP contribution in [0.15, 0.2) is 48.5 Å². The van der Waals surface area contributed by atoms with Gasteiger partial charge in [-0.25, -0.2) is 26.3 Å². The van der Waals surface area contributed by atoms with Gasteiger partial charge in [0.05, 0.1) is 6.61 Å². The Morgan fingerprint density at radius 3 is 2.26 bits per heavy atom. The molecular weight excluding hydrogens is 458 g/mol. The van der Waals surface area contributed by atoms with Crippen LogP contribution in [0, 0.1) is 30.2 Å². The number of hydrogen-bond donors (Lipinski definition) is 0. The molecular formula is C26H24F6O2. The Morgan fingerprint density at radius 1 is 0.824 bits per heavy atom. The zero-order valence-electron chi connectivity index (χ0n) is 18.7. The van der Waals surface area contributed by atoms with Crippen molar-refractivity contribution in [3.8, 4) is 22.6 Å². The average molecular weight is 482 g/mol. The summed E-state index contributed by atoms with van der Waals surface area (Å²) < 4.78 is 96.5. The Hall–Kier alpha value is -3.16. The number of unbranched alkanes of at least 4 members (excludes halogenated alkanes) is 1. The first-order chi connectivity index (χ1) is 16.2. The van der Waals surface area contributed by atoms with Gasteiger partial charge in [0.25, 0.3) is 0 Å². The lowest BCUT2D eigenvalue weighted by Crippen LogP contribution is -2.20. The first-order valence-corrected chi connectivity index (χ1v) is 10.8. The Balaban J connectivity index is 1.69. The minimum absolute atomic E-state index is 0.0548. The van der Waals surface area contributed by atoms with Crippen molar-refractivity contribution in [2.75, 3.05) is 13.2 Å². The molecule has 0 fully saturated rings. The number of hydrogen-bond acceptors (Lipinski definition) is 2. The highest BCUT2D eigenvalue weighted by Crippen LogP contribution is 2.33. The lowest BCUT2D eigenvalue weighted by molar-refractivity contribution is 0.104. The van der Waals surface area contributed by atoms with E-state index in [1.165, 1.54) is 31.2 Å². The Labute approximate surface area is 194 Å². The molecule has 0 saturated heterocycles. The molecule has 0 aliphatic carbocycles. The van der Waals surface area contributed by atoms with Gasteiger partial charge in [0.2, 0.25) is 0 Å². The van der Waals surface area contributed by atoms with Gasteiger partial charge in [0, 0.05) is 17.2 Å². The minimum atomic E-state index is -2.57. The second kappa shape index (κ2) is 11.3. The fourth-order valence-corrected chi connectivity index (χ4v) is 3.23. The van der Waals surface area contributed by atoms with Crippen LogP contribution in [-0.2, 0) is 0 Å². The molecule has 0 aromatic heterocycles. The summed E-state index contributed by atoms with van der Waals surface area (Å²) in [5, 5.41) is 0. The van der Waals surface area contributed by atoms with Gasteiger partial charge in [-0.2, -0.15) is 0 Å². The molecule has 0 heterocycles. The molecule has 0 saturated carbocycles. The van der Waals surface area contributed by atoms with E-state index in [4.69, 9.17) is 9.47 Å². The van der Waals surface area contributed by atoms with Crippen LogP contribution >= 0.6 is 0 Å². The maximum atomic E-state index is 14.6. The maximum Gasteiger partial charge on any atom is 0.169 e. The molecule has 3 aromatic carbocycles. The Bertz CT molecular complexity index is 1130. The van der Waals surface area contributed by atoms with Crippen molar-refractivity contribution in [1.29, 1.82) is 0 Å². The summed E-state index contributed by atoms with van der Waals surface area (Å²) in [5.74, 6) is -4.53.